The molecule has 0 aliphatic carbocycles. The predicted octanol–water partition coefficient (Wildman–Crippen LogP) is 3.85. The zero-order chi connectivity index (χ0) is 16.5. The van der Waals surface area contributed by atoms with E-state index < -0.39 is 11.7 Å². The standard InChI is InChI=1S/C17H11FN4OS/c18-13-9-5-4-8-12(13)15(23)20-16-21-22-10-14(19-17(22)24-16)11-6-2-1-3-7-11/h1-10H,(H,20,21,23). The van der Waals surface area contributed by atoms with E-state index in [-0.39, 0.29) is 5.56 Å². The summed E-state index contributed by atoms with van der Waals surface area (Å²) >= 11 is 1.23. The van der Waals surface area contributed by atoms with Gasteiger partial charge in [-0.1, -0.05) is 53.8 Å². The summed E-state index contributed by atoms with van der Waals surface area (Å²) in [6.07, 6.45) is 1.79. The van der Waals surface area contributed by atoms with Crippen LogP contribution < -0.4 is 5.32 Å². The number of amides is 1. The smallest absolute Gasteiger partial charge is 0.260 e. The lowest BCUT2D eigenvalue weighted by atomic mass is 10.2. The predicted molar refractivity (Wildman–Crippen MR) is 90.7 cm³/mol. The van der Waals surface area contributed by atoms with Crippen LogP contribution in [-0.2, 0) is 0 Å². The highest BCUT2D eigenvalue weighted by molar-refractivity contribution is 7.20. The number of halogens is 1. The summed E-state index contributed by atoms with van der Waals surface area (Å²) in [7, 11) is 0. The molecule has 0 aliphatic rings. The van der Waals surface area contributed by atoms with E-state index in [0.29, 0.717) is 10.1 Å². The average Bonchev–Trinajstić information content (AvgIpc) is 3.14. The first kappa shape index (κ1) is 14.5. The Labute approximate surface area is 140 Å². The average molecular weight is 338 g/mol. The molecule has 0 unspecified atom stereocenters. The Balaban J connectivity index is 1.59. The molecule has 5 nitrogen and oxygen atoms in total. The molecular weight excluding hydrogens is 327 g/mol. The summed E-state index contributed by atoms with van der Waals surface area (Å²) in [6, 6.07) is 15.6. The van der Waals surface area contributed by atoms with Gasteiger partial charge in [-0.05, 0) is 12.1 Å². The number of anilines is 1. The molecule has 0 saturated carbocycles. The van der Waals surface area contributed by atoms with E-state index in [1.807, 2.05) is 30.3 Å². The molecule has 0 spiro atoms. The summed E-state index contributed by atoms with van der Waals surface area (Å²) in [6.45, 7) is 0. The van der Waals surface area contributed by atoms with Crippen LogP contribution in [0.25, 0.3) is 16.2 Å². The second-order valence-electron chi connectivity index (χ2n) is 5.06. The number of nitrogens with one attached hydrogen (secondary N) is 1. The second kappa shape index (κ2) is 5.86. The van der Waals surface area contributed by atoms with Crippen LogP contribution in [0.15, 0.2) is 60.8 Å². The van der Waals surface area contributed by atoms with Gasteiger partial charge in [0.15, 0.2) is 0 Å². The Kier molecular flexibility index (Phi) is 3.55. The van der Waals surface area contributed by atoms with Crippen LogP contribution in [0.1, 0.15) is 10.4 Å². The van der Waals surface area contributed by atoms with E-state index in [9.17, 15) is 9.18 Å². The minimum Gasteiger partial charge on any atom is -0.296 e. The fraction of sp³-hybridized carbons (Fsp3) is 0. The number of hydrogen-bond donors (Lipinski definition) is 1. The minimum atomic E-state index is -0.567. The van der Waals surface area contributed by atoms with Crippen LogP contribution in [0, 0.1) is 5.82 Å². The van der Waals surface area contributed by atoms with Crippen LogP contribution in [0.5, 0.6) is 0 Å². The van der Waals surface area contributed by atoms with Crippen LogP contribution in [0.3, 0.4) is 0 Å². The lowest BCUT2D eigenvalue weighted by Crippen LogP contribution is -2.13. The molecule has 0 bridgehead atoms. The van der Waals surface area contributed by atoms with Crippen molar-refractivity contribution in [1.29, 1.82) is 0 Å². The summed E-state index contributed by atoms with van der Waals surface area (Å²) in [5.41, 5.74) is 1.78. The maximum absolute atomic E-state index is 13.6. The molecule has 2 heterocycles. The molecule has 4 aromatic rings. The summed E-state index contributed by atoms with van der Waals surface area (Å²) in [5, 5.41) is 7.24. The number of carbonyl (C=O) groups excluding carboxylic acids is 1. The molecule has 0 aliphatic heterocycles. The van der Waals surface area contributed by atoms with Gasteiger partial charge in [0.05, 0.1) is 17.5 Å². The zero-order valence-electron chi connectivity index (χ0n) is 12.3. The molecule has 1 amide bonds. The number of aromatic nitrogens is 3. The van der Waals surface area contributed by atoms with Crippen molar-refractivity contribution in [1.82, 2.24) is 14.6 Å². The van der Waals surface area contributed by atoms with Gasteiger partial charge in [0.2, 0.25) is 10.1 Å². The van der Waals surface area contributed by atoms with Gasteiger partial charge in [-0.3, -0.25) is 10.1 Å². The first-order valence-corrected chi connectivity index (χ1v) is 8.00. The van der Waals surface area contributed by atoms with Crippen LogP contribution in [0.4, 0.5) is 9.52 Å². The Morgan fingerprint density at radius 3 is 2.58 bits per heavy atom. The van der Waals surface area contributed by atoms with Crippen molar-refractivity contribution in [2.45, 2.75) is 0 Å². The molecule has 7 heteroatoms. The Morgan fingerprint density at radius 1 is 1.08 bits per heavy atom. The monoisotopic (exact) mass is 338 g/mol. The normalized spacial score (nSPS) is 10.9. The van der Waals surface area contributed by atoms with Gasteiger partial charge >= 0.3 is 0 Å². The number of fused-ring (bicyclic) bond motifs is 1. The van der Waals surface area contributed by atoms with Gasteiger partial charge in [0.1, 0.15) is 5.82 Å². The topological polar surface area (TPSA) is 59.3 Å². The largest absolute Gasteiger partial charge is 0.296 e. The lowest BCUT2D eigenvalue weighted by Gasteiger charge is -2.01. The van der Waals surface area contributed by atoms with Gasteiger partial charge in [-0.2, -0.15) is 0 Å². The van der Waals surface area contributed by atoms with Gasteiger partial charge in [0.25, 0.3) is 5.91 Å². The molecule has 2 aromatic carbocycles. The number of benzene rings is 2. The maximum Gasteiger partial charge on any atom is 0.260 e. The molecule has 2 aromatic heterocycles. The molecule has 4 rings (SSSR count). The second-order valence-corrected chi connectivity index (χ2v) is 6.02. The molecule has 0 saturated heterocycles. The molecule has 0 atom stereocenters. The van der Waals surface area contributed by atoms with Gasteiger partial charge in [-0.25, -0.2) is 13.9 Å². The Hall–Kier alpha value is -3.06. The highest BCUT2D eigenvalue weighted by atomic mass is 32.1. The van der Waals surface area contributed by atoms with Gasteiger partial charge in [-0.15, -0.1) is 5.10 Å². The fourth-order valence-electron chi connectivity index (χ4n) is 2.31. The molecule has 0 radical (unpaired) electrons. The van der Waals surface area contributed by atoms with E-state index in [0.717, 1.165) is 11.3 Å². The quantitative estimate of drug-likeness (QED) is 0.617. The number of carbonyl (C=O) groups is 1. The summed E-state index contributed by atoms with van der Waals surface area (Å²) in [4.78, 5) is 17.3. The van der Waals surface area contributed by atoms with Crippen molar-refractivity contribution < 1.29 is 9.18 Å². The van der Waals surface area contributed by atoms with Crippen molar-refractivity contribution >= 4 is 27.3 Å². The van der Waals surface area contributed by atoms with E-state index in [1.165, 1.54) is 29.5 Å². The highest BCUT2D eigenvalue weighted by Gasteiger charge is 2.15. The van der Waals surface area contributed by atoms with E-state index >= 15 is 0 Å². The summed E-state index contributed by atoms with van der Waals surface area (Å²) < 4.78 is 15.2. The van der Waals surface area contributed by atoms with Crippen molar-refractivity contribution in [2.24, 2.45) is 0 Å². The number of imidazole rings is 1. The van der Waals surface area contributed by atoms with Crippen molar-refractivity contribution in [3.63, 3.8) is 0 Å². The van der Waals surface area contributed by atoms with Crippen molar-refractivity contribution in [2.75, 3.05) is 5.32 Å². The number of rotatable bonds is 3. The van der Waals surface area contributed by atoms with Gasteiger partial charge in [0, 0.05) is 5.56 Å². The SMILES string of the molecule is O=C(Nc1nn2cc(-c3ccccc3)nc2s1)c1ccccc1F. The van der Waals surface area contributed by atoms with Crippen molar-refractivity contribution in [3.8, 4) is 11.3 Å². The first-order valence-electron chi connectivity index (χ1n) is 7.18. The number of hydrogen-bond acceptors (Lipinski definition) is 4. The Morgan fingerprint density at radius 2 is 1.83 bits per heavy atom. The van der Waals surface area contributed by atoms with Crippen LogP contribution in [-0.4, -0.2) is 20.5 Å². The first-order chi connectivity index (χ1) is 11.7. The Bertz CT molecular complexity index is 994. The van der Waals surface area contributed by atoms with E-state index in [2.05, 4.69) is 15.4 Å². The third-order valence-corrected chi connectivity index (χ3v) is 4.29. The summed E-state index contributed by atoms with van der Waals surface area (Å²) in [5.74, 6) is -1.10. The fourth-order valence-corrected chi connectivity index (χ4v) is 3.08. The number of nitrogens with zero attached hydrogens (tertiary/aromatic N) is 3. The lowest BCUT2D eigenvalue weighted by molar-refractivity contribution is 0.102. The third kappa shape index (κ3) is 2.65. The maximum atomic E-state index is 13.6. The van der Waals surface area contributed by atoms with Gasteiger partial charge < -0.3 is 0 Å². The molecule has 1 N–H and O–H groups in total. The molecule has 0 fully saturated rings. The molecule has 24 heavy (non-hydrogen) atoms. The van der Waals surface area contributed by atoms with Crippen molar-refractivity contribution in [3.05, 3.63) is 72.2 Å². The third-order valence-electron chi connectivity index (χ3n) is 3.45. The van der Waals surface area contributed by atoms with E-state index in [4.69, 9.17) is 0 Å². The molecule has 118 valence electrons. The highest BCUT2D eigenvalue weighted by Crippen LogP contribution is 2.24. The van der Waals surface area contributed by atoms with E-state index in [1.54, 1.807) is 16.8 Å². The van der Waals surface area contributed by atoms with Crippen LogP contribution in [0.2, 0.25) is 0 Å². The minimum absolute atomic E-state index is 0.0182. The molecular formula is C17H11FN4OS. The van der Waals surface area contributed by atoms with Crippen LogP contribution >= 0.6 is 11.3 Å². The zero-order valence-corrected chi connectivity index (χ0v) is 13.1.